The van der Waals surface area contributed by atoms with E-state index in [0.717, 1.165) is 24.5 Å². The lowest BCUT2D eigenvalue weighted by atomic mass is 9.89. The van der Waals surface area contributed by atoms with Gasteiger partial charge in [0.15, 0.2) is 0 Å². The Kier molecular flexibility index (Phi) is 4.66. The van der Waals surface area contributed by atoms with E-state index in [0.29, 0.717) is 0 Å². The fraction of sp³-hybridized carbons (Fsp3) is 1.00. The van der Waals surface area contributed by atoms with Crippen molar-refractivity contribution < 1.29 is 0 Å². The quantitative estimate of drug-likeness (QED) is 0.790. The molecule has 0 radical (unpaired) electrons. The predicted molar refractivity (Wildman–Crippen MR) is 69.7 cm³/mol. The average molecular weight is 224 g/mol. The minimum Gasteiger partial charge on any atom is -0.313 e. The van der Waals surface area contributed by atoms with E-state index in [-0.39, 0.29) is 0 Å². The molecule has 0 aromatic heterocycles. The number of hydrogen-bond donors (Lipinski definition) is 1. The molecule has 1 aliphatic heterocycles. The maximum atomic E-state index is 3.70. The molecular formula is C14H28N2. The van der Waals surface area contributed by atoms with E-state index in [1.54, 1.807) is 0 Å². The smallest absolute Gasteiger partial charge is 0.0249 e. The Morgan fingerprint density at radius 1 is 1.12 bits per heavy atom. The van der Waals surface area contributed by atoms with E-state index in [4.69, 9.17) is 0 Å². The highest BCUT2D eigenvalue weighted by Crippen LogP contribution is 2.29. The van der Waals surface area contributed by atoms with E-state index in [1.807, 2.05) is 0 Å². The zero-order chi connectivity index (χ0) is 11.4. The Morgan fingerprint density at radius 3 is 2.62 bits per heavy atom. The lowest BCUT2D eigenvalue weighted by Gasteiger charge is -2.38. The van der Waals surface area contributed by atoms with Crippen LogP contribution in [0.25, 0.3) is 0 Å². The first kappa shape index (κ1) is 12.4. The molecule has 3 unspecified atom stereocenters. The fourth-order valence-electron chi connectivity index (χ4n) is 3.55. The highest BCUT2D eigenvalue weighted by molar-refractivity contribution is 4.91. The standard InChI is InChI=1S/C14H28N2/c1-3-12-9-10-16(11-12)14-8-6-5-7-13(14)15-4-2/h12-15H,3-11H2,1-2H3. The van der Waals surface area contributed by atoms with Gasteiger partial charge in [0.2, 0.25) is 0 Å². The number of hydrogen-bond acceptors (Lipinski definition) is 2. The molecule has 0 bridgehead atoms. The summed E-state index contributed by atoms with van der Waals surface area (Å²) in [6.45, 7) is 8.43. The summed E-state index contributed by atoms with van der Waals surface area (Å²) in [5.41, 5.74) is 0. The van der Waals surface area contributed by atoms with Gasteiger partial charge in [-0.1, -0.05) is 33.1 Å². The summed E-state index contributed by atoms with van der Waals surface area (Å²) in [6.07, 6.45) is 8.50. The second-order valence-corrected chi connectivity index (χ2v) is 5.57. The van der Waals surface area contributed by atoms with Crippen LogP contribution in [0, 0.1) is 5.92 Å². The van der Waals surface area contributed by atoms with Gasteiger partial charge in [0.1, 0.15) is 0 Å². The molecule has 0 spiro atoms. The van der Waals surface area contributed by atoms with Crippen molar-refractivity contribution in [3.63, 3.8) is 0 Å². The first-order chi connectivity index (χ1) is 7.85. The van der Waals surface area contributed by atoms with Crippen LogP contribution in [0.5, 0.6) is 0 Å². The molecule has 2 nitrogen and oxygen atoms in total. The van der Waals surface area contributed by atoms with Crippen LogP contribution in [0.3, 0.4) is 0 Å². The van der Waals surface area contributed by atoms with Crippen LogP contribution >= 0.6 is 0 Å². The average Bonchev–Trinajstić information content (AvgIpc) is 2.79. The van der Waals surface area contributed by atoms with Gasteiger partial charge >= 0.3 is 0 Å². The molecule has 1 saturated carbocycles. The van der Waals surface area contributed by atoms with Crippen molar-refractivity contribution in [1.82, 2.24) is 10.2 Å². The molecule has 2 fully saturated rings. The maximum absolute atomic E-state index is 3.70. The second kappa shape index (κ2) is 6.02. The highest BCUT2D eigenvalue weighted by atomic mass is 15.2. The van der Waals surface area contributed by atoms with Gasteiger partial charge in [0.05, 0.1) is 0 Å². The van der Waals surface area contributed by atoms with Crippen molar-refractivity contribution in [2.75, 3.05) is 19.6 Å². The number of likely N-dealkylation sites (N-methyl/N-ethyl adjacent to an activating group) is 1. The van der Waals surface area contributed by atoms with Gasteiger partial charge in [-0.25, -0.2) is 0 Å². The molecule has 16 heavy (non-hydrogen) atoms. The summed E-state index contributed by atoms with van der Waals surface area (Å²) in [4.78, 5) is 2.78. The van der Waals surface area contributed by atoms with Gasteiger partial charge in [-0.3, -0.25) is 4.90 Å². The van der Waals surface area contributed by atoms with E-state index in [9.17, 15) is 0 Å². The molecule has 94 valence electrons. The van der Waals surface area contributed by atoms with Gasteiger partial charge in [0, 0.05) is 18.6 Å². The van der Waals surface area contributed by atoms with Crippen molar-refractivity contribution in [2.24, 2.45) is 5.92 Å². The Labute approximate surface area is 101 Å². The topological polar surface area (TPSA) is 15.3 Å². The minimum absolute atomic E-state index is 0.773. The molecule has 1 N–H and O–H groups in total. The molecule has 1 heterocycles. The van der Waals surface area contributed by atoms with Crippen LogP contribution in [0.15, 0.2) is 0 Å². The first-order valence-corrected chi connectivity index (χ1v) is 7.32. The molecule has 0 aromatic rings. The number of rotatable bonds is 4. The third kappa shape index (κ3) is 2.78. The van der Waals surface area contributed by atoms with Crippen molar-refractivity contribution >= 4 is 0 Å². The summed E-state index contributed by atoms with van der Waals surface area (Å²) in [7, 11) is 0. The highest BCUT2D eigenvalue weighted by Gasteiger charge is 2.33. The van der Waals surface area contributed by atoms with Crippen LogP contribution in [0.2, 0.25) is 0 Å². The Hall–Kier alpha value is -0.0800. The molecule has 1 aliphatic carbocycles. The van der Waals surface area contributed by atoms with Gasteiger partial charge < -0.3 is 5.32 Å². The fourth-order valence-corrected chi connectivity index (χ4v) is 3.55. The zero-order valence-electron chi connectivity index (χ0n) is 11.0. The maximum Gasteiger partial charge on any atom is 0.0249 e. The Balaban J connectivity index is 1.90. The minimum atomic E-state index is 0.773. The molecule has 3 atom stereocenters. The van der Waals surface area contributed by atoms with Crippen LogP contribution < -0.4 is 5.32 Å². The van der Waals surface area contributed by atoms with Crippen molar-refractivity contribution in [3.8, 4) is 0 Å². The number of likely N-dealkylation sites (tertiary alicyclic amines) is 1. The van der Waals surface area contributed by atoms with E-state index < -0.39 is 0 Å². The van der Waals surface area contributed by atoms with E-state index in [1.165, 1.54) is 51.6 Å². The van der Waals surface area contributed by atoms with Crippen molar-refractivity contribution in [3.05, 3.63) is 0 Å². The van der Waals surface area contributed by atoms with Crippen LogP contribution in [0.4, 0.5) is 0 Å². The van der Waals surface area contributed by atoms with E-state index in [2.05, 4.69) is 24.1 Å². The van der Waals surface area contributed by atoms with Gasteiger partial charge in [-0.2, -0.15) is 0 Å². The summed E-state index contributed by atoms with van der Waals surface area (Å²) < 4.78 is 0. The molecule has 2 aliphatic rings. The Bertz CT molecular complexity index is 203. The number of nitrogens with zero attached hydrogens (tertiary/aromatic N) is 1. The molecule has 0 amide bonds. The van der Waals surface area contributed by atoms with Gasteiger partial charge in [-0.15, -0.1) is 0 Å². The zero-order valence-corrected chi connectivity index (χ0v) is 11.0. The largest absolute Gasteiger partial charge is 0.313 e. The first-order valence-electron chi connectivity index (χ1n) is 7.32. The molecule has 1 saturated heterocycles. The summed E-state index contributed by atoms with van der Waals surface area (Å²) in [5, 5.41) is 3.70. The van der Waals surface area contributed by atoms with Crippen LogP contribution in [0.1, 0.15) is 52.4 Å². The normalized spacial score (nSPS) is 36.8. The third-order valence-corrected chi connectivity index (χ3v) is 4.56. The van der Waals surface area contributed by atoms with Crippen molar-refractivity contribution in [1.29, 1.82) is 0 Å². The van der Waals surface area contributed by atoms with Crippen molar-refractivity contribution in [2.45, 2.75) is 64.5 Å². The molecular weight excluding hydrogens is 196 g/mol. The molecule has 2 rings (SSSR count). The lowest BCUT2D eigenvalue weighted by molar-refractivity contribution is 0.144. The van der Waals surface area contributed by atoms with E-state index >= 15 is 0 Å². The summed E-state index contributed by atoms with van der Waals surface area (Å²) in [6, 6.07) is 1.61. The van der Waals surface area contributed by atoms with Crippen LogP contribution in [-0.4, -0.2) is 36.6 Å². The van der Waals surface area contributed by atoms with Gasteiger partial charge in [-0.05, 0) is 38.3 Å². The number of nitrogens with one attached hydrogen (secondary N) is 1. The Morgan fingerprint density at radius 2 is 1.94 bits per heavy atom. The second-order valence-electron chi connectivity index (χ2n) is 5.57. The monoisotopic (exact) mass is 224 g/mol. The SMILES string of the molecule is CCNC1CCCCC1N1CCC(CC)C1. The summed E-state index contributed by atoms with van der Waals surface area (Å²) >= 11 is 0. The summed E-state index contributed by atoms with van der Waals surface area (Å²) in [5.74, 6) is 0.976. The van der Waals surface area contributed by atoms with Crippen LogP contribution in [-0.2, 0) is 0 Å². The predicted octanol–water partition coefficient (Wildman–Crippen LogP) is 2.64. The molecule has 2 heteroatoms. The van der Waals surface area contributed by atoms with Gasteiger partial charge in [0.25, 0.3) is 0 Å². The lowest BCUT2D eigenvalue weighted by Crippen LogP contribution is -2.51. The third-order valence-electron chi connectivity index (χ3n) is 4.56. The molecule has 0 aromatic carbocycles.